The molecule has 1 heterocycles. The Hall–Kier alpha value is -3.91. The maximum atomic E-state index is 13.4. The van der Waals surface area contributed by atoms with Crippen LogP contribution in [0.4, 0.5) is 18.9 Å². The number of hydrogen-bond acceptors (Lipinski definition) is 5. The molecule has 1 N–H and O–H groups in total. The number of hydrogen-bond donors (Lipinski definition) is 1. The van der Waals surface area contributed by atoms with Crippen molar-refractivity contribution in [2.45, 2.75) is 12.7 Å². The number of nitrogens with one attached hydrogen (secondary N) is 1. The zero-order valence-electron chi connectivity index (χ0n) is 19.9. The van der Waals surface area contributed by atoms with Gasteiger partial charge in [0.25, 0.3) is 0 Å². The molecule has 0 fully saturated rings. The van der Waals surface area contributed by atoms with Crippen LogP contribution in [0, 0.1) is 0 Å². The highest BCUT2D eigenvalue weighted by Crippen LogP contribution is 2.29. The van der Waals surface area contributed by atoms with Crippen molar-refractivity contribution in [3.05, 3.63) is 102 Å². The predicted octanol–water partition coefficient (Wildman–Crippen LogP) is 6.11. The van der Waals surface area contributed by atoms with Gasteiger partial charge in [0.05, 0.1) is 11.1 Å². The smallest absolute Gasteiger partial charge is 0.415 e. The van der Waals surface area contributed by atoms with E-state index in [1.165, 1.54) is 7.05 Å². The second-order valence-corrected chi connectivity index (χ2v) is 7.76. The van der Waals surface area contributed by atoms with Crippen LogP contribution in [0.15, 0.2) is 96.2 Å². The lowest BCUT2D eigenvalue weighted by molar-refractivity contribution is -0.0878. The number of anilines is 1. The minimum Gasteiger partial charge on any atom is -0.436 e. The van der Waals surface area contributed by atoms with Crippen LogP contribution in [-0.2, 0) is 11.3 Å². The number of para-hydroxylation sites is 1. The molecule has 0 atom stereocenters. The third-order valence-corrected chi connectivity index (χ3v) is 5.24. The Morgan fingerprint density at radius 2 is 1.86 bits per heavy atom. The van der Waals surface area contributed by atoms with Gasteiger partial charge in [-0.25, -0.2) is 4.98 Å². The van der Waals surface area contributed by atoms with Crippen LogP contribution >= 0.6 is 0 Å². The van der Waals surface area contributed by atoms with E-state index in [2.05, 4.69) is 28.5 Å². The number of aliphatic imine (C=N–C) groups is 1. The molecular weight excluding hydrogens is 453 g/mol. The van der Waals surface area contributed by atoms with E-state index in [9.17, 15) is 13.2 Å². The summed E-state index contributed by atoms with van der Waals surface area (Å²) in [4.78, 5) is 10.2. The molecule has 0 aliphatic heterocycles. The monoisotopic (exact) mass is 480 g/mol. The van der Waals surface area contributed by atoms with Gasteiger partial charge in [-0.15, -0.1) is 0 Å². The first-order chi connectivity index (χ1) is 16.6. The minimum atomic E-state index is -4.62. The van der Waals surface area contributed by atoms with Crippen LogP contribution in [0.1, 0.15) is 11.3 Å². The number of nitrogens with zero attached hydrogens (tertiary/aromatic N) is 3. The molecule has 8 heteroatoms. The molecule has 5 nitrogen and oxygen atoms in total. The second kappa shape index (κ2) is 11.0. The van der Waals surface area contributed by atoms with Gasteiger partial charge in [0.15, 0.2) is 0 Å². The molecule has 0 bridgehead atoms. The second-order valence-electron chi connectivity index (χ2n) is 7.76. The number of halogens is 3. The highest BCUT2D eigenvalue weighted by atomic mass is 19.4. The molecule has 3 rings (SSSR count). The maximum Gasteiger partial charge on any atom is 0.415 e. The van der Waals surface area contributed by atoms with Gasteiger partial charge >= 0.3 is 6.18 Å². The Labute approximate surface area is 203 Å². The van der Waals surface area contributed by atoms with Gasteiger partial charge in [-0.2, -0.15) is 13.2 Å². The van der Waals surface area contributed by atoms with Crippen molar-refractivity contribution >= 4 is 28.2 Å². The molecule has 2 aromatic carbocycles. The Morgan fingerprint density at radius 3 is 2.54 bits per heavy atom. The fraction of sp³-hybridized carbons (Fsp3) is 0.185. The van der Waals surface area contributed by atoms with E-state index in [1.54, 1.807) is 24.1 Å². The van der Waals surface area contributed by atoms with E-state index in [0.29, 0.717) is 17.9 Å². The summed E-state index contributed by atoms with van der Waals surface area (Å²) in [5.74, 6) is 0.0917. The first-order valence-corrected chi connectivity index (χ1v) is 10.8. The maximum absolute atomic E-state index is 13.4. The molecule has 0 saturated carbocycles. The van der Waals surface area contributed by atoms with Crippen molar-refractivity contribution in [2.24, 2.45) is 4.99 Å². The van der Waals surface area contributed by atoms with Gasteiger partial charge < -0.3 is 15.0 Å². The highest BCUT2D eigenvalue weighted by Gasteiger charge is 2.32. The van der Waals surface area contributed by atoms with E-state index < -0.39 is 11.7 Å². The van der Waals surface area contributed by atoms with Crippen molar-refractivity contribution in [2.75, 3.05) is 26.0 Å². The summed E-state index contributed by atoms with van der Waals surface area (Å²) in [5.41, 5.74) is 1.83. The molecule has 3 aromatic rings. The van der Waals surface area contributed by atoms with Crippen molar-refractivity contribution in [1.82, 2.24) is 10.3 Å². The molecule has 0 saturated heterocycles. The number of benzene rings is 2. The van der Waals surface area contributed by atoms with Gasteiger partial charge in [-0.05, 0) is 43.0 Å². The Balaban J connectivity index is 1.98. The molecule has 182 valence electrons. The Morgan fingerprint density at radius 1 is 1.11 bits per heavy atom. The SMILES string of the molecule is C=C(OC(=NC)/C(=C/C(=C)C(F)(F)F)N(C)c1cccc(CNC)c1)c1ccc2ccccc2n1. The van der Waals surface area contributed by atoms with E-state index in [0.717, 1.165) is 22.5 Å². The zero-order valence-corrected chi connectivity index (χ0v) is 19.9. The number of likely N-dealkylation sites (N-methyl/N-ethyl adjacent to an activating group) is 1. The molecular formula is C27H27F3N4O. The van der Waals surface area contributed by atoms with E-state index in [1.807, 2.05) is 55.6 Å². The van der Waals surface area contributed by atoms with Crippen molar-refractivity contribution in [1.29, 1.82) is 0 Å². The number of fused-ring (bicyclic) bond motifs is 1. The van der Waals surface area contributed by atoms with Crippen LogP contribution < -0.4 is 10.2 Å². The summed E-state index contributed by atoms with van der Waals surface area (Å²) < 4.78 is 46.1. The Kier molecular flexibility index (Phi) is 8.09. The average molecular weight is 481 g/mol. The van der Waals surface area contributed by atoms with Gasteiger partial charge in [0.1, 0.15) is 17.2 Å². The summed E-state index contributed by atoms with van der Waals surface area (Å²) >= 11 is 0. The van der Waals surface area contributed by atoms with Crippen LogP contribution in [-0.4, -0.2) is 38.2 Å². The van der Waals surface area contributed by atoms with Crippen molar-refractivity contribution < 1.29 is 17.9 Å². The fourth-order valence-corrected chi connectivity index (χ4v) is 3.37. The molecule has 0 amide bonds. The zero-order chi connectivity index (χ0) is 25.6. The van der Waals surface area contributed by atoms with Gasteiger partial charge in [0.2, 0.25) is 5.90 Å². The molecule has 0 unspecified atom stereocenters. The molecule has 35 heavy (non-hydrogen) atoms. The minimum absolute atomic E-state index is 0.0584. The number of allylic oxidation sites excluding steroid dienone is 2. The third-order valence-electron chi connectivity index (χ3n) is 5.24. The van der Waals surface area contributed by atoms with Crippen LogP contribution in [0.3, 0.4) is 0 Å². The summed E-state index contributed by atoms with van der Waals surface area (Å²) in [5, 5.41) is 4.00. The molecule has 0 spiro atoms. The predicted molar refractivity (Wildman–Crippen MR) is 136 cm³/mol. The number of aromatic nitrogens is 1. The van der Waals surface area contributed by atoms with E-state index in [-0.39, 0.29) is 17.4 Å². The largest absolute Gasteiger partial charge is 0.436 e. The van der Waals surface area contributed by atoms with Crippen LogP contribution in [0.2, 0.25) is 0 Å². The Bertz CT molecular complexity index is 1290. The van der Waals surface area contributed by atoms with Gasteiger partial charge in [-0.1, -0.05) is 49.6 Å². The first kappa shape index (κ1) is 25.7. The van der Waals surface area contributed by atoms with Crippen molar-refractivity contribution in [3.8, 4) is 0 Å². The van der Waals surface area contributed by atoms with Gasteiger partial charge in [0, 0.05) is 31.7 Å². The summed E-state index contributed by atoms with van der Waals surface area (Å²) in [6.07, 6.45) is -3.70. The molecule has 0 radical (unpaired) electrons. The normalized spacial score (nSPS) is 12.5. The summed E-state index contributed by atoms with van der Waals surface area (Å²) in [7, 11) is 4.89. The number of ether oxygens (including phenoxy) is 1. The highest BCUT2D eigenvalue weighted by molar-refractivity contribution is 6.00. The standard InChI is InChI=1S/C27H27F3N4O/c1-18(27(28,29)30)15-25(34(5)22-11-8-9-20(16-22)17-31-3)26(32-4)35-19(2)23-14-13-21-10-6-7-12-24(21)33-23/h6-16,31H,1-2,17H2,3-5H3/b25-15-,32-26?. The first-order valence-electron chi connectivity index (χ1n) is 10.8. The van der Waals surface area contributed by atoms with E-state index in [4.69, 9.17) is 4.74 Å². The quantitative estimate of drug-likeness (QED) is 0.183. The number of rotatable bonds is 8. The average Bonchev–Trinajstić information content (AvgIpc) is 2.84. The summed E-state index contributed by atoms with van der Waals surface area (Å²) in [6, 6.07) is 18.6. The fourth-order valence-electron chi connectivity index (χ4n) is 3.37. The van der Waals surface area contributed by atoms with Crippen LogP contribution in [0.5, 0.6) is 0 Å². The lowest BCUT2D eigenvalue weighted by Gasteiger charge is -2.25. The molecule has 1 aromatic heterocycles. The van der Waals surface area contributed by atoms with Gasteiger partial charge in [-0.3, -0.25) is 4.99 Å². The molecule has 0 aliphatic rings. The molecule has 0 aliphatic carbocycles. The number of pyridine rings is 1. The third kappa shape index (κ3) is 6.36. The lowest BCUT2D eigenvalue weighted by atomic mass is 10.1. The van der Waals surface area contributed by atoms with E-state index >= 15 is 0 Å². The van der Waals surface area contributed by atoms with Crippen molar-refractivity contribution in [3.63, 3.8) is 0 Å². The summed E-state index contributed by atoms with van der Waals surface area (Å²) in [6.45, 7) is 7.73. The lowest BCUT2D eigenvalue weighted by Crippen LogP contribution is -2.26. The topological polar surface area (TPSA) is 49.8 Å². The number of alkyl halides is 3. The van der Waals surface area contributed by atoms with Crippen LogP contribution in [0.25, 0.3) is 16.7 Å².